The SMILES string of the molecule is COC1CCC(C(CC(=O)O)c2ccc(F)cc2)CC1. The number of halogens is 1. The third kappa shape index (κ3) is 3.79. The molecule has 0 amide bonds. The van der Waals surface area contributed by atoms with Crippen LogP contribution in [0.4, 0.5) is 4.39 Å². The van der Waals surface area contributed by atoms with Gasteiger partial charge in [0, 0.05) is 7.11 Å². The quantitative estimate of drug-likeness (QED) is 0.896. The highest BCUT2D eigenvalue weighted by molar-refractivity contribution is 5.68. The molecule has 0 aromatic heterocycles. The maximum Gasteiger partial charge on any atom is 0.303 e. The number of hydrogen-bond acceptors (Lipinski definition) is 2. The van der Waals surface area contributed by atoms with Crippen molar-refractivity contribution >= 4 is 5.97 Å². The molecule has 1 atom stereocenters. The van der Waals surface area contributed by atoms with Gasteiger partial charge in [-0.1, -0.05) is 12.1 Å². The summed E-state index contributed by atoms with van der Waals surface area (Å²) in [5.41, 5.74) is 0.926. The minimum Gasteiger partial charge on any atom is -0.481 e. The van der Waals surface area contributed by atoms with Crippen LogP contribution in [0.3, 0.4) is 0 Å². The molecule has 1 unspecified atom stereocenters. The van der Waals surface area contributed by atoms with Gasteiger partial charge in [0.1, 0.15) is 5.82 Å². The Labute approximate surface area is 118 Å². The highest BCUT2D eigenvalue weighted by Gasteiger charge is 2.30. The monoisotopic (exact) mass is 280 g/mol. The molecule has 20 heavy (non-hydrogen) atoms. The number of methoxy groups -OCH3 is 1. The van der Waals surface area contributed by atoms with Crippen LogP contribution in [-0.2, 0) is 9.53 Å². The Morgan fingerprint density at radius 3 is 2.40 bits per heavy atom. The predicted molar refractivity (Wildman–Crippen MR) is 74.1 cm³/mol. The summed E-state index contributed by atoms with van der Waals surface area (Å²) >= 11 is 0. The highest BCUT2D eigenvalue weighted by Crippen LogP contribution is 2.38. The van der Waals surface area contributed by atoms with Gasteiger partial charge in [0.05, 0.1) is 12.5 Å². The first-order valence-corrected chi connectivity index (χ1v) is 7.10. The van der Waals surface area contributed by atoms with Crippen molar-refractivity contribution in [1.82, 2.24) is 0 Å². The number of hydrogen-bond donors (Lipinski definition) is 1. The Hall–Kier alpha value is -1.42. The molecule has 1 N–H and O–H groups in total. The van der Waals surface area contributed by atoms with E-state index in [9.17, 15) is 9.18 Å². The molecule has 1 aromatic rings. The zero-order chi connectivity index (χ0) is 14.5. The van der Waals surface area contributed by atoms with Crippen molar-refractivity contribution in [1.29, 1.82) is 0 Å². The van der Waals surface area contributed by atoms with E-state index in [0.29, 0.717) is 12.0 Å². The van der Waals surface area contributed by atoms with E-state index in [-0.39, 0.29) is 18.2 Å². The molecule has 1 aliphatic rings. The predicted octanol–water partition coefficient (Wildman–Crippen LogP) is 3.59. The van der Waals surface area contributed by atoms with Crippen LogP contribution in [0.25, 0.3) is 0 Å². The number of ether oxygens (including phenoxy) is 1. The topological polar surface area (TPSA) is 46.5 Å². The van der Waals surface area contributed by atoms with E-state index in [2.05, 4.69) is 0 Å². The summed E-state index contributed by atoms with van der Waals surface area (Å²) in [6.45, 7) is 0. The lowest BCUT2D eigenvalue weighted by atomic mass is 9.74. The summed E-state index contributed by atoms with van der Waals surface area (Å²) in [6.07, 6.45) is 4.27. The first-order chi connectivity index (χ1) is 9.60. The first-order valence-electron chi connectivity index (χ1n) is 7.10. The third-order valence-electron chi connectivity index (χ3n) is 4.31. The Bertz CT molecular complexity index is 436. The van der Waals surface area contributed by atoms with Gasteiger partial charge in [0.15, 0.2) is 0 Å². The molecule has 2 rings (SSSR count). The van der Waals surface area contributed by atoms with Crippen LogP contribution in [0, 0.1) is 11.7 Å². The number of rotatable bonds is 5. The maximum atomic E-state index is 13.0. The Morgan fingerprint density at radius 1 is 1.30 bits per heavy atom. The second kappa shape index (κ2) is 6.84. The standard InChI is InChI=1S/C16H21FO3/c1-20-14-8-4-12(5-9-14)15(10-16(18)19)11-2-6-13(17)7-3-11/h2-3,6-7,12,14-15H,4-5,8-10H2,1H3,(H,18,19). The first kappa shape index (κ1) is 15.0. The van der Waals surface area contributed by atoms with Crippen LogP contribution < -0.4 is 0 Å². The second-order valence-electron chi connectivity index (χ2n) is 5.53. The van der Waals surface area contributed by atoms with E-state index < -0.39 is 5.97 Å². The van der Waals surface area contributed by atoms with Crippen LogP contribution in [0.1, 0.15) is 43.6 Å². The van der Waals surface area contributed by atoms with Crippen molar-refractivity contribution < 1.29 is 19.0 Å². The molecule has 3 nitrogen and oxygen atoms in total. The van der Waals surface area contributed by atoms with Gasteiger partial charge in [0.2, 0.25) is 0 Å². The molecule has 1 aliphatic carbocycles. The van der Waals surface area contributed by atoms with E-state index in [0.717, 1.165) is 31.2 Å². The van der Waals surface area contributed by atoms with Gasteiger partial charge in [-0.05, 0) is 55.2 Å². The summed E-state index contributed by atoms with van der Waals surface area (Å²) in [6, 6.07) is 6.24. The number of benzene rings is 1. The Morgan fingerprint density at radius 2 is 1.90 bits per heavy atom. The third-order valence-corrected chi connectivity index (χ3v) is 4.31. The van der Waals surface area contributed by atoms with E-state index >= 15 is 0 Å². The van der Waals surface area contributed by atoms with Crippen molar-refractivity contribution in [2.75, 3.05) is 7.11 Å². The summed E-state index contributed by atoms with van der Waals surface area (Å²) < 4.78 is 18.4. The molecular formula is C16H21FO3. The molecule has 0 heterocycles. The van der Waals surface area contributed by atoms with Crippen molar-refractivity contribution in [3.63, 3.8) is 0 Å². The zero-order valence-corrected chi connectivity index (χ0v) is 11.7. The molecule has 0 aliphatic heterocycles. The van der Waals surface area contributed by atoms with Gasteiger partial charge in [-0.15, -0.1) is 0 Å². The van der Waals surface area contributed by atoms with E-state index in [1.54, 1.807) is 19.2 Å². The number of carbonyl (C=O) groups is 1. The van der Waals surface area contributed by atoms with Crippen LogP contribution in [0.2, 0.25) is 0 Å². The molecule has 1 saturated carbocycles. The van der Waals surface area contributed by atoms with Crippen LogP contribution in [0.5, 0.6) is 0 Å². The summed E-state index contributed by atoms with van der Waals surface area (Å²) in [7, 11) is 1.72. The van der Waals surface area contributed by atoms with Gasteiger partial charge < -0.3 is 9.84 Å². The van der Waals surface area contributed by atoms with E-state index in [4.69, 9.17) is 9.84 Å². The molecule has 110 valence electrons. The molecule has 0 saturated heterocycles. The largest absolute Gasteiger partial charge is 0.481 e. The average Bonchev–Trinajstić information content (AvgIpc) is 2.46. The highest BCUT2D eigenvalue weighted by atomic mass is 19.1. The molecule has 0 radical (unpaired) electrons. The minimum atomic E-state index is -0.798. The van der Waals surface area contributed by atoms with Gasteiger partial charge >= 0.3 is 5.97 Å². The lowest BCUT2D eigenvalue weighted by Crippen LogP contribution is -2.25. The summed E-state index contributed by atoms with van der Waals surface area (Å²) in [5, 5.41) is 9.13. The average molecular weight is 280 g/mol. The van der Waals surface area contributed by atoms with Crippen LogP contribution in [0.15, 0.2) is 24.3 Å². The normalized spacial score (nSPS) is 24.3. The zero-order valence-electron chi connectivity index (χ0n) is 11.7. The fourth-order valence-electron chi connectivity index (χ4n) is 3.18. The van der Waals surface area contributed by atoms with E-state index in [1.807, 2.05) is 0 Å². The molecule has 4 heteroatoms. The Balaban J connectivity index is 2.11. The minimum absolute atomic E-state index is 0.0362. The second-order valence-corrected chi connectivity index (χ2v) is 5.53. The molecule has 1 fully saturated rings. The smallest absolute Gasteiger partial charge is 0.303 e. The molecule has 0 spiro atoms. The van der Waals surface area contributed by atoms with Gasteiger partial charge in [-0.2, -0.15) is 0 Å². The van der Waals surface area contributed by atoms with Gasteiger partial charge in [-0.3, -0.25) is 4.79 Å². The van der Waals surface area contributed by atoms with E-state index in [1.165, 1.54) is 12.1 Å². The summed E-state index contributed by atoms with van der Waals surface area (Å²) in [5.74, 6) is -0.784. The van der Waals surface area contributed by atoms with Crippen molar-refractivity contribution in [2.45, 2.75) is 44.1 Å². The molecular weight excluding hydrogens is 259 g/mol. The van der Waals surface area contributed by atoms with Crippen LogP contribution in [-0.4, -0.2) is 24.3 Å². The number of carboxylic acid groups (broad SMARTS) is 1. The maximum absolute atomic E-state index is 13.0. The van der Waals surface area contributed by atoms with Crippen molar-refractivity contribution in [3.05, 3.63) is 35.6 Å². The molecule has 1 aromatic carbocycles. The Kier molecular flexibility index (Phi) is 5.12. The van der Waals surface area contributed by atoms with Crippen molar-refractivity contribution in [3.8, 4) is 0 Å². The van der Waals surface area contributed by atoms with Crippen LogP contribution >= 0.6 is 0 Å². The van der Waals surface area contributed by atoms with Gasteiger partial charge in [0.25, 0.3) is 0 Å². The fraction of sp³-hybridized carbons (Fsp3) is 0.562. The lowest BCUT2D eigenvalue weighted by molar-refractivity contribution is -0.137. The fourth-order valence-corrected chi connectivity index (χ4v) is 3.18. The van der Waals surface area contributed by atoms with Gasteiger partial charge in [-0.25, -0.2) is 4.39 Å². The van der Waals surface area contributed by atoms with Crippen molar-refractivity contribution in [2.24, 2.45) is 5.92 Å². The lowest BCUT2D eigenvalue weighted by Gasteiger charge is -2.33. The molecule has 0 bridgehead atoms. The number of aliphatic carboxylic acids is 1. The summed E-state index contributed by atoms with van der Waals surface area (Å²) in [4.78, 5) is 11.1. The number of carboxylic acids is 1.